The summed E-state index contributed by atoms with van der Waals surface area (Å²) < 4.78 is 56.1. The lowest BCUT2D eigenvalue weighted by Gasteiger charge is -2.27. The van der Waals surface area contributed by atoms with Gasteiger partial charge in [-0.2, -0.15) is 0 Å². The third-order valence-electron chi connectivity index (χ3n) is 8.55. The fourth-order valence-electron chi connectivity index (χ4n) is 6.36. The number of ether oxygens (including phenoxy) is 5. The SMILES string of the molecule is CCc1cc(F)cc(CC)c1NC(=O)CN1C[C@H](c2cc(F)c3c(c2)OCO3)C(C(=O)O)[C@@H]1c1ccc(OCCOCCOC)cc1. The van der Waals surface area contributed by atoms with Crippen molar-refractivity contribution in [3.63, 3.8) is 0 Å². The molecule has 1 amide bonds. The molecule has 3 aromatic carbocycles. The number of benzene rings is 3. The van der Waals surface area contributed by atoms with Gasteiger partial charge in [-0.3, -0.25) is 14.5 Å². The number of hydrogen-bond donors (Lipinski definition) is 2. The summed E-state index contributed by atoms with van der Waals surface area (Å²) in [6.45, 7) is 5.26. The van der Waals surface area contributed by atoms with Crippen LogP contribution in [0.2, 0.25) is 0 Å². The number of carbonyl (C=O) groups excluding carboxylic acids is 1. The molecule has 2 aliphatic heterocycles. The molecular formula is C35H40F2N2O8. The first-order chi connectivity index (χ1) is 22.7. The molecule has 0 saturated carbocycles. The maximum absolute atomic E-state index is 15.0. The molecule has 2 aliphatic rings. The van der Waals surface area contributed by atoms with Gasteiger partial charge in [0, 0.05) is 31.3 Å². The van der Waals surface area contributed by atoms with E-state index in [0.29, 0.717) is 73.0 Å². The lowest BCUT2D eigenvalue weighted by atomic mass is 9.82. The molecular weight excluding hydrogens is 614 g/mol. The molecule has 252 valence electrons. The molecule has 1 saturated heterocycles. The first-order valence-corrected chi connectivity index (χ1v) is 15.7. The summed E-state index contributed by atoms with van der Waals surface area (Å²) in [7, 11) is 1.60. The van der Waals surface area contributed by atoms with E-state index in [1.54, 1.807) is 42.3 Å². The number of nitrogens with one attached hydrogen (secondary N) is 1. The number of methoxy groups -OCH3 is 1. The Balaban J connectivity index is 1.43. The highest BCUT2D eigenvalue weighted by Gasteiger charge is 2.48. The average Bonchev–Trinajstić information content (AvgIpc) is 3.69. The molecule has 10 nitrogen and oxygen atoms in total. The first-order valence-electron chi connectivity index (χ1n) is 15.7. The smallest absolute Gasteiger partial charge is 0.309 e. The number of likely N-dealkylation sites (tertiary alicyclic amines) is 1. The van der Waals surface area contributed by atoms with E-state index < -0.39 is 29.7 Å². The minimum absolute atomic E-state index is 0.0103. The molecule has 47 heavy (non-hydrogen) atoms. The molecule has 3 aromatic rings. The van der Waals surface area contributed by atoms with Crippen molar-refractivity contribution in [1.82, 2.24) is 4.90 Å². The van der Waals surface area contributed by atoms with E-state index in [2.05, 4.69) is 5.32 Å². The number of amides is 1. The number of aliphatic carboxylic acids is 1. The van der Waals surface area contributed by atoms with Crippen LogP contribution in [-0.4, -0.2) is 75.3 Å². The number of anilines is 1. The van der Waals surface area contributed by atoms with Crippen molar-refractivity contribution in [3.8, 4) is 17.2 Å². The Morgan fingerprint density at radius 3 is 2.32 bits per heavy atom. The fraction of sp³-hybridized carbons (Fsp3) is 0.429. The first kappa shape index (κ1) is 34.1. The number of hydrogen-bond acceptors (Lipinski definition) is 8. The molecule has 0 radical (unpaired) electrons. The van der Waals surface area contributed by atoms with Gasteiger partial charge in [-0.25, -0.2) is 8.78 Å². The second kappa shape index (κ2) is 15.6. The van der Waals surface area contributed by atoms with E-state index in [1.807, 2.05) is 13.8 Å². The third kappa shape index (κ3) is 7.83. The normalized spacial score (nSPS) is 18.8. The van der Waals surface area contributed by atoms with Crippen LogP contribution in [0.15, 0.2) is 48.5 Å². The Labute approximate surface area is 272 Å². The molecule has 1 unspecified atom stereocenters. The van der Waals surface area contributed by atoms with Gasteiger partial charge in [0.25, 0.3) is 0 Å². The largest absolute Gasteiger partial charge is 0.491 e. The van der Waals surface area contributed by atoms with Crippen LogP contribution in [0.5, 0.6) is 17.2 Å². The third-order valence-corrected chi connectivity index (χ3v) is 8.55. The predicted molar refractivity (Wildman–Crippen MR) is 169 cm³/mol. The summed E-state index contributed by atoms with van der Waals surface area (Å²) in [5.74, 6) is -3.42. The Hall–Kier alpha value is -4.26. The standard InChI is InChI=1S/C35H40F2N2O8/c1-4-21-14-25(36)15-22(5-2)32(21)38-30(40)19-39-18-27(24-16-28(37)34-29(17-24)46-20-47-34)31(35(41)42)33(39)23-6-8-26(9-7-23)45-13-12-44-11-10-43-3/h6-9,14-17,27,31,33H,4-5,10-13,18-20H2,1-3H3,(H,38,40)(H,41,42)/t27-,31?,33+/m1/s1. The summed E-state index contributed by atoms with van der Waals surface area (Å²) in [5.41, 5.74) is 2.99. The van der Waals surface area contributed by atoms with Gasteiger partial charge in [-0.15, -0.1) is 0 Å². The highest BCUT2D eigenvalue weighted by atomic mass is 19.1. The molecule has 0 spiro atoms. The van der Waals surface area contributed by atoms with Crippen LogP contribution in [0, 0.1) is 17.6 Å². The number of rotatable bonds is 15. The van der Waals surface area contributed by atoms with Gasteiger partial charge in [-0.05, 0) is 71.5 Å². The average molecular weight is 655 g/mol. The number of carbonyl (C=O) groups is 2. The minimum atomic E-state index is -1.09. The lowest BCUT2D eigenvalue weighted by Crippen LogP contribution is -2.35. The van der Waals surface area contributed by atoms with E-state index in [9.17, 15) is 19.1 Å². The monoisotopic (exact) mass is 654 g/mol. The highest BCUT2D eigenvalue weighted by molar-refractivity contribution is 5.94. The highest BCUT2D eigenvalue weighted by Crippen LogP contribution is 2.48. The van der Waals surface area contributed by atoms with Crippen LogP contribution < -0.4 is 19.5 Å². The number of nitrogens with zero attached hydrogens (tertiary/aromatic N) is 1. The van der Waals surface area contributed by atoms with E-state index in [1.165, 1.54) is 18.2 Å². The summed E-state index contributed by atoms with van der Waals surface area (Å²) in [4.78, 5) is 28.4. The fourth-order valence-corrected chi connectivity index (χ4v) is 6.36. The van der Waals surface area contributed by atoms with E-state index in [-0.39, 0.29) is 43.1 Å². The van der Waals surface area contributed by atoms with Crippen LogP contribution in [0.4, 0.5) is 14.5 Å². The van der Waals surface area contributed by atoms with Crippen molar-refractivity contribution in [2.75, 3.05) is 58.7 Å². The zero-order valence-electron chi connectivity index (χ0n) is 26.7. The maximum atomic E-state index is 15.0. The topological polar surface area (TPSA) is 116 Å². The van der Waals surface area contributed by atoms with Gasteiger partial charge in [0.1, 0.15) is 18.2 Å². The van der Waals surface area contributed by atoms with Crippen molar-refractivity contribution in [2.45, 2.75) is 38.6 Å². The summed E-state index contributed by atoms with van der Waals surface area (Å²) >= 11 is 0. The molecule has 0 aliphatic carbocycles. The number of carboxylic acids is 1. The van der Waals surface area contributed by atoms with Crippen molar-refractivity contribution < 1.29 is 47.2 Å². The Kier molecular flexibility index (Phi) is 11.3. The Morgan fingerprint density at radius 2 is 1.66 bits per heavy atom. The van der Waals surface area contributed by atoms with Gasteiger partial charge in [0.15, 0.2) is 11.6 Å². The molecule has 1 fully saturated rings. The Bertz CT molecular complexity index is 1540. The number of aryl methyl sites for hydroxylation is 2. The summed E-state index contributed by atoms with van der Waals surface area (Å²) in [6.07, 6.45) is 1.03. The zero-order valence-corrected chi connectivity index (χ0v) is 26.7. The van der Waals surface area contributed by atoms with Crippen LogP contribution in [0.25, 0.3) is 0 Å². The quantitative estimate of drug-likeness (QED) is 0.210. The van der Waals surface area contributed by atoms with E-state index >= 15 is 4.39 Å². The summed E-state index contributed by atoms with van der Waals surface area (Å²) in [5, 5.41) is 13.6. The lowest BCUT2D eigenvalue weighted by molar-refractivity contribution is -0.143. The molecule has 0 bridgehead atoms. The number of carboxylic acid groups (broad SMARTS) is 1. The van der Waals surface area contributed by atoms with Gasteiger partial charge in [0.05, 0.1) is 32.3 Å². The molecule has 3 atom stereocenters. The molecule has 0 aromatic heterocycles. The number of halogens is 2. The van der Waals surface area contributed by atoms with E-state index in [0.717, 1.165) is 0 Å². The maximum Gasteiger partial charge on any atom is 0.309 e. The van der Waals surface area contributed by atoms with E-state index in [4.69, 9.17) is 23.7 Å². The van der Waals surface area contributed by atoms with Crippen molar-refractivity contribution in [3.05, 3.63) is 82.4 Å². The van der Waals surface area contributed by atoms with Crippen LogP contribution in [-0.2, 0) is 31.9 Å². The molecule has 5 rings (SSSR count). The van der Waals surface area contributed by atoms with Crippen LogP contribution in [0.3, 0.4) is 0 Å². The van der Waals surface area contributed by atoms with Gasteiger partial charge < -0.3 is 34.1 Å². The Morgan fingerprint density at radius 1 is 0.957 bits per heavy atom. The van der Waals surface area contributed by atoms with Crippen molar-refractivity contribution in [2.24, 2.45) is 5.92 Å². The molecule has 12 heteroatoms. The van der Waals surface area contributed by atoms with Gasteiger partial charge >= 0.3 is 5.97 Å². The van der Waals surface area contributed by atoms with Gasteiger partial charge in [0.2, 0.25) is 18.4 Å². The van der Waals surface area contributed by atoms with Crippen molar-refractivity contribution >= 4 is 17.6 Å². The van der Waals surface area contributed by atoms with Crippen LogP contribution in [0.1, 0.15) is 48.1 Å². The molecule has 2 heterocycles. The van der Waals surface area contributed by atoms with Crippen molar-refractivity contribution in [1.29, 1.82) is 0 Å². The zero-order chi connectivity index (χ0) is 33.5. The van der Waals surface area contributed by atoms with Crippen LogP contribution >= 0.6 is 0 Å². The summed E-state index contributed by atoms with van der Waals surface area (Å²) in [6, 6.07) is 12.0. The number of fused-ring (bicyclic) bond motifs is 1. The second-order valence-corrected chi connectivity index (χ2v) is 11.5. The second-order valence-electron chi connectivity index (χ2n) is 11.5. The molecule has 2 N–H and O–H groups in total. The minimum Gasteiger partial charge on any atom is -0.491 e. The van der Waals surface area contributed by atoms with Gasteiger partial charge in [-0.1, -0.05) is 26.0 Å². The predicted octanol–water partition coefficient (Wildman–Crippen LogP) is 5.34.